The second kappa shape index (κ2) is 5.09. The summed E-state index contributed by atoms with van der Waals surface area (Å²) in [5.74, 6) is 0.652. The maximum absolute atomic E-state index is 10.7. The van der Waals surface area contributed by atoms with Crippen molar-refractivity contribution in [3.63, 3.8) is 0 Å². The Bertz CT molecular complexity index is 640. The molecule has 2 unspecified atom stereocenters. The molecule has 0 radical (unpaired) electrons. The van der Waals surface area contributed by atoms with Crippen LogP contribution in [0, 0.1) is 10.1 Å². The number of non-ortho nitro benzene ring substituents is 1. The molecule has 0 aliphatic carbocycles. The van der Waals surface area contributed by atoms with Gasteiger partial charge in [0.2, 0.25) is 5.95 Å². The van der Waals surface area contributed by atoms with E-state index in [0.29, 0.717) is 17.5 Å². The molecule has 0 amide bonds. The number of rotatable bonds is 3. The molecule has 2 aromatic rings. The number of hydrogen-bond acceptors (Lipinski definition) is 5. The standard InChI is InChI=1S/C13H16N4O3/c1-8-6-9(4-5-20-8)14-13-15-11-3-2-10(17(18)19)7-12(11)16-13/h2-3,7-9H,4-6H2,1H3,(H2,14,15,16). The lowest BCUT2D eigenvalue weighted by Gasteiger charge is -2.27. The molecule has 1 aliphatic rings. The monoisotopic (exact) mass is 276 g/mol. The van der Waals surface area contributed by atoms with Crippen LogP contribution in [0.2, 0.25) is 0 Å². The highest BCUT2D eigenvalue weighted by Gasteiger charge is 2.20. The summed E-state index contributed by atoms with van der Waals surface area (Å²) in [6.07, 6.45) is 2.10. The number of aromatic nitrogens is 2. The molecular formula is C13H16N4O3. The van der Waals surface area contributed by atoms with Gasteiger partial charge in [-0.05, 0) is 25.8 Å². The average molecular weight is 276 g/mol. The Kier molecular flexibility index (Phi) is 3.27. The van der Waals surface area contributed by atoms with Crippen molar-refractivity contribution in [3.05, 3.63) is 28.3 Å². The van der Waals surface area contributed by atoms with Crippen molar-refractivity contribution >= 4 is 22.7 Å². The number of imidazole rings is 1. The van der Waals surface area contributed by atoms with E-state index in [2.05, 4.69) is 22.2 Å². The molecule has 0 saturated carbocycles. The first kappa shape index (κ1) is 12.9. The highest BCUT2D eigenvalue weighted by atomic mass is 16.6. The normalized spacial score (nSPS) is 22.9. The summed E-state index contributed by atoms with van der Waals surface area (Å²) in [6.45, 7) is 2.79. The second-order valence-corrected chi connectivity index (χ2v) is 5.09. The quantitative estimate of drug-likeness (QED) is 0.663. The van der Waals surface area contributed by atoms with Crippen LogP contribution in [0.15, 0.2) is 18.2 Å². The molecule has 3 rings (SSSR count). The fourth-order valence-electron chi connectivity index (χ4n) is 2.50. The molecule has 0 spiro atoms. The molecule has 0 bridgehead atoms. The van der Waals surface area contributed by atoms with E-state index in [1.807, 2.05) is 0 Å². The second-order valence-electron chi connectivity index (χ2n) is 5.09. The Morgan fingerprint density at radius 3 is 3.15 bits per heavy atom. The zero-order chi connectivity index (χ0) is 14.1. The van der Waals surface area contributed by atoms with Gasteiger partial charge in [0.05, 0.1) is 22.1 Å². The van der Waals surface area contributed by atoms with Gasteiger partial charge >= 0.3 is 0 Å². The number of ether oxygens (including phenoxy) is 1. The molecule has 2 atom stereocenters. The van der Waals surface area contributed by atoms with Crippen molar-refractivity contribution in [1.29, 1.82) is 0 Å². The van der Waals surface area contributed by atoms with E-state index in [1.54, 1.807) is 6.07 Å². The maximum Gasteiger partial charge on any atom is 0.271 e. The Balaban J connectivity index is 1.80. The molecule has 20 heavy (non-hydrogen) atoms. The van der Waals surface area contributed by atoms with Crippen molar-refractivity contribution in [3.8, 4) is 0 Å². The number of nitro groups is 1. The van der Waals surface area contributed by atoms with Gasteiger partial charge in [-0.3, -0.25) is 10.1 Å². The number of benzene rings is 1. The summed E-state index contributed by atoms with van der Waals surface area (Å²) >= 11 is 0. The van der Waals surface area contributed by atoms with Crippen LogP contribution >= 0.6 is 0 Å². The first-order chi connectivity index (χ1) is 9.61. The summed E-state index contributed by atoms with van der Waals surface area (Å²) in [4.78, 5) is 17.8. The number of nitrogens with one attached hydrogen (secondary N) is 2. The third-order valence-corrected chi connectivity index (χ3v) is 3.50. The number of anilines is 1. The van der Waals surface area contributed by atoms with Crippen LogP contribution < -0.4 is 5.32 Å². The highest BCUT2D eigenvalue weighted by Crippen LogP contribution is 2.22. The van der Waals surface area contributed by atoms with Crippen molar-refractivity contribution in [2.75, 3.05) is 11.9 Å². The van der Waals surface area contributed by atoms with Gasteiger partial charge in [0.15, 0.2) is 0 Å². The van der Waals surface area contributed by atoms with Gasteiger partial charge < -0.3 is 15.0 Å². The lowest BCUT2D eigenvalue weighted by atomic mass is 10.0. The average Bonchev–Trinajstić information content (AvgIpc) is 2.79. The van der Waals surface area contributed by atoms with Gasteiger partial charge in [0.1, 0.15) is 0 Å². The van der Waals surface area contributed by atoms with Crippen LogP contribution in [0.3, 0.4) is 0 Å². The number of H-pyrrole nitrogens is 1. The molecule has 7 heteroatoms. The van der Waals surface area contributed by atoms with E-state index in [-0.39, 0.29) is 11.8 Å². The van der Waals surface area contributed by atoms with Crippen LogP contribution in [0.1, 0.15) is 19.8 Å². The number of fused-ring (bicyclic) bond motifs is 1. The molecule has 2 heterocycles. The molecule has 2 N–H and O–H groups in total. The summed E-state index contributed by atoms with van der Waals surface area (Å²) < 4.78 is 5.50. The third kappa shape index (κ3) is 2.57. The predicted octanol–water partition coefficient (Wildman–Crippen LogP) is 2.45. The Morgan fingerprint density at radius 2 is 2.40 bits per heavy atom. The fourth-order valence-corrected chi connectivity index (χ4v) is 2.50. The van der Waals surface area contributed by atoms with E-state index in [1.165, 1.54) is 12.1 Å². The van der Waals surface area contributed by atoms with E-state index < -0.39 is 4.92 Å². The SMILES string of the molecule is CC1CC(Nc2nc3ccc([N+](=O)[O-])cc3[nH]2)CCO1. The van der Waals surface area contributed by atoms with Gasteiger partial charge in [-0.2, -0.15) is 0 Å². The first-order valence-electron chi connectivity index (χ1n) is 6.64. The van der Waals surface area contributed by atoms with Gasteiger partial charge in [0, 0.05) is 24.8 Å². The fraction of sp³-hybridized carbons (Fsp3) is 0.462. The number of hydrogen-bond donors (Lipinski definition) is 2. The van der Waals surface area contributed by atoms with E-state index >= 15 is 0 Å². The smallest absolute Gasteiger partial charge is 0.271 e. The van der Waals surface area contributed by atoms with Gasteiger partial charge in [-0.25, -0.2) is 4.98 Å². The largest absolute Gasteiger partial charge is 0.378 e. The summed E-state index contributed by atoms with van der Waals surface area (Å²) in [7, 11) is 0. The van der Waals surface area contributed by atoms with Crippen molar-refractivity contribution in [1.82, 2.24) is 9.97 Å². The topological polar surface area (TPSA) is 93.1 Å². The summed E-state index contributed by atoms with van der Waals surface area (Å²) in [5, 5.41) is 14.1. The number of aromatic amines is 1. The van der Waals surface area contributed by atoms with Crippen molar-refractivity contribution in [2.45, 2.75) is 31.9 Å². The Morgan fingerprint density at radius 1 is 1.55 bits per heavy atom. The minimum Gasteiger partial charge on any atom is -0.378 e. The summed E-state index contributed by atoms with van der Waals surface area (Å²) in [6, 6.07) is 4.93. The molecule has 7 nitrogen and oxygen atoms in total. The van der Waals surface area contributed by atoms with Crippen LogP contribution in [0.25, 0.3) is 11.0 Å². The zero-order valence-electron chi connectivity index (χ0n) is 11.1. The molecule has 106 valence electrons. The summed E-state index contributed by atoms with van der Waals surface area (Å²) in [5.41, 5.74) is 1.45. The minimum atomic E-state index is -0.409. The molecule has 1 aliphatic heterocycles. The lowest BCUT2D eigenvalue weighted by molar-refractivity contribution is -0.384. The highest BCUT2D eigenvalue weighted by molar-refractivity contribution is 5.79. The van der Waals surface area contributed by atoms with Crippen molar-refractivity contribution in [2.24, 2.45) is 0 Å². The van der Waals surface area contributed by atoms with E-state index in [0.717, 1.165) is 25.0 Å². The number of nitro benzene ring substituents is 1. The van der Waals surface area contributed by atoms with Crippen LogP contribution in [0.4, 0.5) is 11.6 Å². The van der Waals surface area contributed by atoms with Crippen LogP contribution in [-0.2, 0) is 4.74 Å². The Hall–Kier alpha value is -2.15. The molecule has 1 fully saturated rings. The van der Waals surface area contributed by atoms with E-state index in [4.69, 9.17) is 4.74 Å². The zero-order valence-corrected chi connectivity index (χ0v) is 11.1. The minimum absolute atomic E-state index is 0.0624. The third-order valence-electron chi connectivity index (χ3n) is 3.50. The predicted molar refractivity (Wildman–Crippen MR) is 74.8 cm³/mol. The van der Waals surface area contributed by atoms with Crippen molar-refractivity contribution < 1.29 is 9.66 Å². The number of nitrogens with zero attached hydrogens (tertiary/aromatic N) is 2. The molecule has 1 saturated heterocycles. The lowest BCUT2D eigenvalue weighted by Crippen LogP contribution is -2.32. The first-order valence-corrected chi connectivity index (χ1v) is 6.64. The van der Waals surface area contributed by atoms with Gasteiger partial charge in [-0.15, -0.1) is 0 Å². The van der Waals surface area contributed by atoms with Gasteiger partial charge in [0.25, 0.3) is 5.69 Å². The molecule has 1 aromatic heterocycles. The van der Waals surface area contributed by atoms with Crippen LogP contribution in [0.5, 0.6) is 0 Å². The molecular weight excluding hydrogens is 260 g/mol. The Labute approximate surface area is 115 Å². The van der Waals surface area contributed by atoms with E-state index in [9.17, 15) is 10.1 Å². The molecule has 1 aromatic carbocycles. The maximum atomic E-state index is 10.7. The van der Waals surface area contributed by atoms with Crippen LogP contribution in [-0.4, -0.2) is 33.6 Å². The van der Waals surface area contributed by atoms with Gasteiger partial charge in [-0.1, -0.05) is 0 Å².